The van der Waals surface area contributed by atoms with E-state index in [1.54, 1.807) is 13.3 Å². The molecular weight excluding hydrogens is 326 g/mol. The SMILES string of the molecule is COc1ncccc1[C@@H]1OC(=S)N(C(=O)NC2CCCCC2)[C@@H]1C. The second kappa shape index (κ2) is 7.34. The number of rotatable bonds is 3. The number of carbonyl (C=O) groups is 1. The van der Waals surface area contributed by atoms with Crippen molar-refractivity contribution in [3.8, 4) is 5.88 Å². The minimum atomic E-state index is -0.377. The molecule has 7 heteroatoms. The van der Waals surface area contributed by atoms with Crippen LogP contribution in [-0.2, 0) is 4.74 Å². The molecule has 1 aliphatic carbocycles. The van der Waals surface area contributed by atoms with Gasteiger partial charge in [0, 0.05) is 12.2 Å². The Morgan fingerprint density at radius 2 is 2.17 bits per heavy atom. The average Bonchev–Trinajstić information content (AvgIpc) is 2.90. The van der Waals surface area contributed by atoms with E-state index in [2.05, 4.69) is 10.3 Å². The molecule has 0 radical (unpaired) electrons. The number of nitrogens with one attached hydrogen (secondary N) is 1. The van der Waals surface area contributed by atoms with Crippen molar-refractivity contribution in [1.82, 2.24) is 15.2 Å². The molecule has 1 aromatic heterocycles. The number of hydrogen-bond acceptors (Lipinski definition) is 5. The highest BCUT2D eigenvalue weighted by Gasteiger charge is 2.42. The molecule has 0 spiro atoms. The molecule has 0 aromatic carbocycles. The van der Waals surface area contributed by atoms with Crippen LogP contribution in [0, 0.1) is 0 Å². The summed E-state index contributed by atoms with van der Waals surface area (Å²) in [5.41, 5.74) is 0.794. The van der Waals surface area contributed by atoms with Gasteiger partial charge in [-0.1, -0.05) is 19.3 Å². The molecular formula is C17H23N3O3S. The van der Waals surface area contributed by atoms with E-state index < -0.39 is 0 Å². The topological polar surface area (TPSA) is 63.7 Å². The maximum absolute atomic E-state index is 12.7. The van der Waals surface area contributed by atoms with Gasteiger partial charge in [0.25, 0.3) is 5.17 Å². The molecule has 6 nitrogen and oxygen atoms in total. The van der Waals surface area contributed by atoms with Crippen molar-refractivity contribution in [2.24, 2.45) is 0 Å². The van der Waals surface area contributed by atoms with E-state index >= 15 is 0 Å². The van der Waals surface area contributed by atoms with Gasteiger partial charge in [0.2, 0.25) is 5.88 Å². The van der Waals surface area contributed by atoms with Crippen LogP contribution in [0.1, 0.15) is 50.7 Å². The molecule has 1 aromatic rings. The fourth-order valence-corrected chi connectivity index (χ4v) is 3.79. The van der Waals surface area contributed by atoms with E-state index in [1.807, 2.05) is 19.1 Å². The smallest absolute Gasteiger partial charge is 0.325 e. The molecule has 3 rings (SSSR count). The molecule has 2 atom stereocenters. The normalized spacial score (nSPS) is 24.6. The predicted octanol–water partition coefficient (Wildman–Crippen LogP) is 3.18. The minimum absolute atomic E-state index is 0.176. The first-order valence-corrected chi connectivity index (χ1v) is 8.82. The van der Waals surface area contributed by atoms with Crippen LogP contribution in [-0.4, -0.2) is 40.3 Å². The minimum Gasteiger partial charge on any atom is -0.481 e. The summed E-state index contributed by atoms with van der Waals surface area (Å²) in [6.45, 7) is 1.93. The van der Waals surface area contributed by atoms with Crippen LogP contribution < -0.4 is 10.1 Å². The Labute approximate surface area is 147 Å². The number of methoxy groups -OCH3 is 1. The van der Waals surface area contributed by atoms with Crippen LogP contribution in [0.25, 0.3) is 0 Å². The highest BCUT2D eigenvalue weighted by molar-refractivity contribution is 7.80. The maximum Gasteiger partial charge on any atom is 0.325 e. The number of hydrogen-bond donors (Lipinski definition) is 1. The van der Waals surface area contributed by atoms with E-state index in [0.29, 0.717) is 5.88 Å². The first-order valence-electron chi connectivity index (χ1n) is 8.41. The van der Waals surface area contributed by atoms with Gasteiger partial charge in [-0.25, -0.2) is 14.7 Å². The fourth-order valence-electron chi connectivity index (χ4n) is 3.44. The monoisotopic (exact) mass is 349 g/mol. The third-order valence-corrected chi connectivity index (χ3v) is 5.01. The van der Waals surface area contributed by atoms with Gasteiger partial charge >= 0.3 is 6.03 Å². The van der Waals surface area contributed by atoms with Crippen molar-refractivity contribution in [2.75, 3.05) is 7.11 Å². The quantitative estimate of drug-likeness (QED) is 0.849. The van der Waals surface area contributed by atoms with Crippen LogP contribution in [0.4, 0.5) is 4.79 Å². The van der Waals surface area contributed by atoms with Crippen LogP contribution in [0.15, 0.2) is 18.3 Å². The Balaban J connectivity index is 1.73. The Morgan fingerprint density at radius 1 is 1.42 bits per heavy atom. The van der Waals surface area contributed by atoms with E-state index in [4.69, 9.17) is 21.7 Å². The molecule has 2 amide bonds. The zero-order chi connectivity index (χ0) is 17.1. The third kappa shape index (κ3) is 3.31. The number of ether oxygens (including phenoxy) is 2. The van der Waals surface area contributed by atoms with Gasteiger partial charge in [-0.05, 0) is 44.1 Å². The zero-order valence-corrected chi connectivity index (χ0v) is 14.8. The number of nitrogens with zero attached hydrogens (tertiary/aromatic N) is 2. The molecule has 0 bridgehead atoms. The molecule has 2 fully saturated rings. The summed E-state index contributed by atoms with van der Waals surface area (Å²) in [6.07, 6.45) is 6.92. The third-order valence-electron chi connectivity index (χ3n) is 4.72. The highest BCUT2D eigenvalue weighted by atomic mass is 32.1. The molecule has 24 heavy (non-hydrogen) atoms. The molecule has 2 heterocycles. The van der Waals surface area contributed by atoms with Crippen molar-refractivity contribution in [2.45, 2.75) is 57.2 Å². The summed E-state index contributed by atoms with van der Waals surface area (Å²) in [7, 11) is 1.57. The summed E-state index contributed by atoms with van der Waals surface area (Å²) < 4.78 is 11.1. The molecule has 1 saturated heterocycles. The number of urea groups is 1. The van der Waals surface area contributed by atoms with Crippen LogP contribution in [0.5, 0.6) is 5.88 Å². The Morgan fingerprint density at radius 3 is 2.88 bits per heavy atom. The Hall–Kier alpha value is -1.89. The van der Waals surface area contributed by atoms with Crippen molar-refractivity contribution < 1.29 is 14.3 Å². The van der Waals surface area contributed by atoms with Gasteiger partial charge in [-0.15, -0.1) is 0 Å². The van der Waals surface area contributed by atoms with Gasteiger partial charge in [-0.2, -0.15) is 0 Å². The lowest BCUT2D eigenvalue weighted by Gasteiger charge is -2.27. The van der Waals surface area contributed by atoms with Crippen molar-refractivity contribution in [1.29, 1.82) is 0 Å². The second-order valence-electron chi connectivity index (χ2n) is 6.30. The van der Waals surface area contributed by atoms with E-state index in [1.165, 1.54) is 11.3 Å². The fraction of sp³-hybridized carbons (Fsp3) is 0.588. The van der Waals surface area contributed by atoms with Crippen LogP contribution in [0.3, 0.4) is 0 Å². The zero-order valence-electron chi connectivity index (χ0n) is 14.0. The van der Waals surface area contributed by atoms with Gasteiger partial charge in [0.15, 0.2) is 6.10 Å². The molecule has 1 saturated carbocycles. The predicted molar refractivity (Wildman–Crippen MR) is 93.9 cm³/mol. The van der Waals surface area contributed by atoms with Crippen molar-refractivity contribution in [3.05, 3.63) is 23.9 Å². The maximum atomic E-state index is 12.7. The number of carbonyl (C=O) groups excluding carboxylic acids is 1. The van der Waals surface area contributed by atoms with Gasteiger partial charge in [0.05, 0.1) is 18.7 Å². The number of thiocarbonyl (C=S) groups is 1. The second-order valence-corrected chi connectivity index (χ2v) is 6.65. The van der Waals surface area contributed by atoms with Gasteiger partial charge < -0.3 is 14.8 Å². The molecule has 1 N–H and O–H groups in total. The largest absolute Gasteiger partial charge is 0.481 e. The summed E-state index contributed by atoms with van der Waals surface area (Å²) in [6, 6.07) is 3.54. The Bertz CT molecular complexity index is 619. The summed E-state index contributed by atoms with van der Waals surface area (Å²) >= 11 is 5.30. The molecule has 130 valence electrons. The first kappa shape index (κ1) is 17.0. The van der Waals surface area contributed by atoms with E-state index in [9.17, 15) is 4.79 Å². The number of amides is 2. The van der Waals surface area contributed by atoms with Crippen molar-refractivity contribution in [3.63, 3.8) is 0 Å². The lowest BCUT2D eigenvalue weighted by atomic mass is 9.96. The van der Waals surface area contributed by atoms with E-state index in [-0.39, 0.29) is 29.4 Å². The Kier molecular flexibility index (Phi) is 5.18. The lowest BCUT2D eigenvalue weighted by Crippen LogP contribution is -2.48. The average molecular weight is 349 g/mol. The number of aromatic nitrogens is 1. The lowest BCUT2D eigenvalue weighted by molar-refractivity contribution is 0.185. The summed E-state index contributed by atoms with van der Waals surface area (Å²) in [5, 5.41) is 3.30. The number of pyridine rings is 1. The van der Waals surface area contributed by atoms with E-state index in [0.717, 1.165) is 31.2 Å². The van der Waals surface area contributed by atoms with Gasteiger partial charge in [-0.3, -0.25) is 0 Å². The van der Waals surface area contributed by atoms with Gasteiger partial charge in [0.1, 0.15) is 0 Å². The first-order chi connectivity index (χ1) is 11.6. The van der Waals surface area contributed by atoms with Crippen LogP contribution in [0.2, 0.25) is 0 Å². The van der Waals surface area contributed by atoms with Crippen LogP contribution >= 0.6 is 12.2 Å². The van der Waals surface area contributed by atoms with Crippen molar-refractivity contribution >= 4 is 23.4 Å². The standard InChI is InChI=1S/C17H23N3O3S/c1-11-14(13-9-6-10-18-15(13)22-2)23-17(24)20(11)16(21)19-12-7-4-3-5-8-12/h6,9-12,14H,3-5,7-8H2,1-2H3,(H,19,21)/t11-,14-/m1/s1. The highest BCUT2D eigenvalue weighted by Crippen LogP contribution is 2.36. The summed E-state index contributed by atoms with van der Waals surface area (Å²) in [5.74, 6) is 0.492. The summed E-state index contributed by atoms with van der Waals surface area (Å²) in [4.78, 5) is 18.4. The molecule has 2 aliphatic rings. The molecule has 1 aliphatic heterocycles. The molecule has 0 unspecified atom stereocenters.